The summed E-state index contributed by atoms with van der Waals surface area (Å²) in [5, 5.41) is 15.6. The number of nitrogens with zero attached hydrogens (tertiary/aromatic N) is 2. The van der Waals surface area contributed by atoms with Gasteiger partial charge < -0.3 is 5.11 Å². The summed E-state index contributed by atoms with van der Waals surface area (Å²) in [6, 6.07) is 13.0. The minimum absolute atomic E-state index is 0.264. The van der Waals surface area contributed by atoms with Gasteiger partial charge in [-0.15, -0.1) is 0 Å². The Morgan fingerprint density at radius 2 is 1.80 bits per heavy atom. The largest absolute Gasteiger partial charge is 0.416 e. The Labute approximate surface area is 231 Å². The summed E-state index contributed by atoms with van der Waals surface area (Å²) in [5.41, 5.74) is 0.836. The summed E-state index contributed by atoms with van der Waals surface area (Å²) in [5.74, 6) is -1.02. The number of hydrogen-bond acceptors (Lipinski definition) is 5. The number of hydrogen-bond donors (Lipinski definition) is 2. The van der Waals surface area contributed by atoms with Crippen LogP contribution in [0.25, 0.3) is 10.9 Å². The van der Waals surface area contributed by atoms with Gasteiger partial charge in [0, 0.05) is 43.1 Å². The van der Waals surface area contributed by atoms with Crippen LogP contribution in [0.5, 0.6) is 0 Å². The number of benzene rings is 2. The Morgan fingerprint density at radius 3 is 2.45 bits per heavy atom. The minimum atomic E-state index is -4.36. The third-order valence-electron chi connectivity index (χ3n) is 9.06. The highest BCUT2D eigenvalue weighted by molar-refractivity contribution is 6.01. The molecule has 2 N–H and O–H groups in total. The lowest BCUT2D eigenvalue weighted by atomic mass is 9.61. The third kappa shape index (κ3) is 5.12. The van der Waals surface area contributed by atoms with Gasteiger partial charge in [0.25, 0.3) is 0 Å². The smallest absolute Gasteiger partial charge is 0.384 e. The molecule has 2 aromatic carbocycles. The van der Waals surface area contributed by atoms with Gasteiger partial charge in [-0.1, -0.05) is 32.0 Å². The number of carbonyl (C=O) groups excluding carboxylic acids is 2. The predicted molar refractivity (Wildman–Crippen MR) is 145 cm³/mol. The van der Waals surface area contributed by atoms with Gasteiger partial charge in [-0.3, -0.25) is 24.8 Å². The van der Waals surface area contributed by atoms with E-state index in [1.807, 2.05) is 24.3 Å². The van der Waals surface area contributed by atoms with Crippen molar-refractivity contribution in [2.24, 2.45) is 5.41 Å². The second-order valence-electron chi connectivity index (χ2n) is 11.2. The number of nitrogens with one attached hydrogen (secondary N) is 1. The monoisotopic (exact) mass is 553 g/mol. The second-order valence-corrected chi connectivity index (χ2v) is 11.2. The fourth-order valence-electron chi connectivity index (χ4n) is 6.53. The van der Waals surface area contributed by atoms with E-state index in [0.717, 1.165) is 52.6 Å². The normalized spacial score (nSPS) is 23.8. The molecular formula is C31H34F3N3O3. The number of piperidine rings is 2. The molecule has 0 radical (unpaired) electrons. The molecule has 3 heterocycles. The van der Waals surface area contributed by atoms with Gasteiger partial charge in [0.2, 0.25) is 11.8 Å². The number of alkyl halides is 3. The number of amides is 2. The van der Waals surface area contributed by atoms with Crippen molar-refractivity contribution < 1.29 is 27.9 Å². The van der Waals surface area contributed by atoms with Crippen LogP contribution in [0.4, 0.5) is 13.2 Å². The van der Waals surface area contributed by atoms with E-state index in [1.54, 1.807) is 6.20 Å². The quantitative estimate of drug-likeness (QED) is 0.384. The summed E-state index contributed by atoms with van der Waals surface area (Å²) in [7, 11) is 0. The second kappa shape index (κ2) is 10.6. The number of aromatic nitrogens is 1. The van der Waals surface area contributed by atoms with Crippen LogP contribution in [0.15, 0.2) is 54.7 Å². The maximum absolute atomic E-state index is 13.0. The van der Waals surface area contributed by atoms with Crippen molar-refractivity contribution in [2.75, 3.05) is 13.1 Å². The van der Waals surface area contributed by atoms with E-state index in [9.17, 15) is 27.9 Å². The molecule has 212 valence electrons. The first-order valence-corrected chi connectivity index (χ1v) is 13.8. The molecule has 9 heteroatoms. The van der Waals surface area contributed by atoms with Gasteiger partial charge in [0.1, 0.15) is 0 Å². The average Bonchev–Trinajstić information content (AvgIpc) is 2.93. The van der Waals surface area contributed by atoms with Crippen LogP contribution in [0, 0.1) is 5.41 Å². The first-order chi connectivity index (χ1) is 19.0. The number of rotatable bonds is 6. The van der Waals surface area contributed by atoms with E-state index >= 15 is 0 Å². The van der Waals surface area contributed by atoms with Crippen LogP contribution in [-0.2, 0) is 27.9 Å². The molecule has 2 aliphatic rings. The van der Waals surface area contributed by atoms with E-state index in [2.05, 4.69) is 29.0 Å². The number of likely N-dealkylation sites (tertiary alicyclic amines) is 1. The molecule has 2 amide bonds. The van der Waals surface area contributed by atoms with E-state index in [4.69, 9.17) is 0 Å². The van der Waals surface area contributed by atoms with Gasteiger partial charge in [0.15, 0.2) is 0 Å². The van der Waals surface area contributed by atoms with Gasteiger partial charge >= 0.3 is 6.18 Å². The van der Waals surface area contributed by atoms with Crippen LogP contribution >= 0.6 is 0 Å². The fraction of sp³-hybridized carbons (Fsp3) is 0.452. The summed E-state index contributed by atoms with van der Waals surface area (Å²) in [6.07, 6.45) is -0.0539. The lowest BCUT2D eigenvalue weighted by molar-refractivity contribution is -0.148. The zero-order chi connectivity index (χ0) is 28.7. The topological polar surface area (TPSA) is 82.5 Å². The van der Waals surface area contributed by atoms with Crippen molar-refractivity contribution >= 4 is 22.7 Å². The molecule has 40 heavy (non-hydrogen) atoms. The molecular weight excluding hydrogens is 519 g/mol. The number of aliphatic hydroxyl groups is 1. The number of halogens is 3. The van der Waals surface area contributed by atoms with Crippen LogP contribution in [0.3, 0.4) is 0 Å². The van der Waals surface area contributed by atoms with Gasteiger partial charge in [-0.25, -0.2) is 0 Å². The van der Waals surface area contributed by atoms with Gasteiger partial charge in [-0.05, 0) is 72.7 Å². The van der Waals surface area contributed by atoms with Gasteiger partial charge in [0.05, 0.1) is 22.6 Å². The number of pyridine rings is 1. The summed E-state index contributed by atoms with van der Waals surface area (Å²) in [4.78, 5) is 30.8. The Balaban J connectivity index is 1.41. The van der Waals surface area contributed by atoms with Crippen molar-refractivity contribution in [1.82, 2.24) is 15.2 Å². The fourth-order valence-corrected chi connectivity index (χ4v) is 6.53. The van der Waals surface area contributed by atoms with Crippen molar-refractivity contribution in [3.63, 3.8) is 0 Å². The zero-order valence-electron chi connectivity index (χ0n) is 22.7. The van der Waals surface area contributed by atoms with Crippen molar-refractivity contribution in [3.8, 4) is 0 Å². The van der Waals surface area contributed by atoms with Crippen LogP contribution in [-0.4, -0.2) is 39.9 Å². The Hall–Kier alpha value is -3.30. The van der Waals surface area contributed by atoms with Crippen LogP contribution in [0.2, 0.25) is 0 Å². The average molecular weight is 554 g/mol. The zero-order valence-corrected chi connectivity index (χ0v) is 22.7. The highest BCUT2D eigenvalue weighted by Gasteiger charge is 2.52. The molecule has 0 spiro atoms. The Bertz CT molecular complexity index is 1420. The van der Waals surface area contributed by atoms with Crippen molar-refractivity contribution in [3.05, 3.63) is 77.0 Å². The number of carbonyl (C=O) groups is 2. The Kier molecular flexibility index (Phi) is 7.48. The number of fused-ring (bicyclic) bond motifs is 1. The first-order valence-electron chi connectivity index (χ1n) is 13.8. The molecule has 0 saturated carbocycles. The lowest BCUT2D eigenvalue weighted by Gasteiger charge is -2.54. The van der Waals surface area contributed by atoms with Gasteiger partial charge in [-0.2, -0.15) is 13.2 Å². The standard InChI is InChI=1S/C31H34F3N3O3/c1-3-29(4-2)19-37(18-20-5-7-23(8-6-20)31(32,33)34)14-13-30(29,40)24-9-11-26-21(16-24)15-22(17-35-26)25-10-12-27(38)36-28(25)39/h5-9,11,15-17,25,40H,3-4,10,12-14,18-19H2,1-2H3,(H,36,38,39). The molecule has 3 aromatic rings. The molecule has 0 bridgehead atoms. The van der Waals surface area contributed by atoms with Crippen LogP contribution < -0.4 is 5.32 Å². The maximum atomic E-state index is 13.0. The highest BCUT2D eigenvalue weighted by Crippen LogP contribution is 2.51. The van der Waals surface area contributed by atoms with E-state index in [0.29, 0.717) is 32.5 Å². The Morgan fingerprint density at radius 1 is 1.07 bits per heavy atom. The molecule has 5 rings (SSSR count). The van der Waals surface area contributed by atoms with Crippen LogP contribution in [0.1, 0.15) is 74.1 Å². The maximum Gasteiger partial charge on any atom is 0.416 e. The molecule has 2 atom stereocenters. The molecule has 2 unspecified atom stereocenters. The SMILES string of the molecule is CCC1(CC)CN(Cc2ccc(C(F)(F)F)cc2)CCC1(O)c1ccc2ncc(C3CCC(=O)NC3=O)cc2c1. The van der Waals surface area contributed by atoms with E-state index in [1.165, 1.54) is 12.1 Å². The van der Waals surface area contributed by atoms with E-state index < -0.39 is 28.7 Å². The highest BCUT2D eigenvalue weighted by atomic mass is 19.4. The molecule has 2 saturated heterocycles. The minimum Gasteiger partial charge on any atom is -0.384 e. The molecule has 0 aliphatic carbocycles. The molecule has 2 fully saturated rings. The lowest BCUT2D eigenvalue weighted by Crippen LogP contribution is -2.57. The molecule has 1 aromatic heterocycles. The molecule has 6 nitrogen and oxygen atoms in total. The molecule has 2 aliphatic heterocycles. The van der Waals surface area contributed by atoms with E-state index in [-0.39, 0.29) is 18.2 Å². The number of imide groups is 1. The third-order valence-corrected chi connectivity index (χ3v) is 9.06. The van der Waals surface area contributed by atoms with Crippen molar-refractivity contribution in [2.45, 2.75) is 70.2 Å². The van der Waals surface area contributed by atoms with Crippen molar-refractivity contribution in [1.29, 1.82) is 0 Å². The summed E-state index contributed by atoms with van der Waals surface area (Å²) in [6.45, 7) is 5.84. The predicted octanol–water partition coefficient (Wildman–Crippen LogP) is 5.67. The summed E-state index contributed by atoms with van der Waals surface area (Å²) < 4.78 is 39.0. The summed E-state index contributed by atoms with van der Waals surface area (Å²) >= 11 is 0. The first kappa shape index (κ1) is 28.2.